The summed E-state index contributed by atoms with van der Waals surface area (Å²) < 4.78 is 0. The van der Waals surface area contributed by atoms with Gasteiger partial charge in [-0.05, 0) is 69.6 Å². The normalized spacial score (nSPS) is 29.8. The number of nitrogens with zero attached hydrogens (tertiary/aromatic N) is 1. The van der Waals surface area contributed by atoms with Gasteiger partial charge >= 0.3 is 0 Å². The number of hydrogen-bond donors (Lipinski definition) is 1. The highest BCUT2D eigenvalue weighted by Gasteiger charge is 2.23. The molecule has 94 valence electrons. The van der Waals surface area contributed by atoms with Crippen LogP contribution in [0.1, 0.15) is 39.5 Å². The van der Waals surface area contributed by atoms with Crippen molar-refractivity contribution in [1.82, 2.24) is 10.2 Å². The topological polar surface area (TPSA) is 15.3 Å². The van der Waals surface area contributed by atoms with E-state index in [2.05, 4.69) is 24.1 Å². The van der Waals surface area contributed by atoms with E-state index in [0.717, 1.165) is 17.8 Å². The van der Waals surface area contributed by atoms with Crippen LogP contribution in [0.15, 0.2) is 0 Å². The fourth-order valence-corrected chi connectivity index (χ4v) is 3.25. The van der Waals surface area contributed by atoms with Crippen LogP contribution in [0.4, 0.5) is 0 Å². The number of likely N-dealkylation sites (tertiary alicyclic amines) is 1. The maximum absolute atomic E-state index is 3.52. The van der Waals surface area contributed by atoms with Crippen molar-refractivity contribution in [2.24, 2.45) is 17.8 Å². The lowest BCUT2D eigenvalue weighted by Gasteiger charge is -2.36. The molecule has 0 aromatic carbocycles. The van der Waals surface area contributed by atoms with Crippen LogP contribution in [0.2, 0.25) is 0 Å². The molecule has 0 spiro atoms. The standard InChI is InChI=1S/C14H28N2/c1-12(2)14-5-8-16(9-6-14)11-13-4-3-7-15-10-13/h12-15H,3-11H2,1-2H3. The molecule has 2 saturated heterocycles. The predicted octanol–water partition coefficient (Wildman–Crippen LogP) is 2.35. The van der Waals surface area contributed by atoms with Gasteiger partial charge in [-0.1, -0.05) is 13.8 Å². The Morgan fingerprint density at radius 1 is 1.19 bits per heavy atom. The summed E-state index contributed by atoms with van der Waals surface area (Å²) in [7, 11) is 0. The molecule has 0 aliphatic carbocycles. The lowest BCUT2D eigenvalue weighted by Crippen LogP contribution is -2.42. The summed E-state index contributed by atoms with van der Waals surface area (Å²) in [4.78, 5) is 2.70. The Morgan fingerprint density at radius 2 is 1.94 bits per heavy atom. The SMILES string of the molecule is CC(C)C1CCN(CC2CCCNC2)CC1. The van der Waals surface area contributed by atoms with Gasteiger partial charge in [0.1, 0.15) is 0 Å². The van der Waals surface area contributed by atoms with Crippen molar-refractivity contribution in [2.75, 3.05) is 32.7 Å². The lowest BCUT2D eigenvalue weighted by atomic mass is 9.86. The molecule has 0 aromatic rings. The summed E-state index contributed by atoms with van der Waals surface area (Å²) in [6, 6.07) is 0. The predicted molar refractivity (Wildman–Crippen MR) is 69.6 cm³/mol. The summed E-state index contributed by atoms with van der Waals surface area (Å²) in [6.45, 7) is 11.3. The Kier molecular flexibility index (Phi) is 4.66. The average Bonchev–Trinajstić information content (AvgIpc) is 2.31. The van der Waals surface area contributed by atoms with Crippen LogP contribution < -0.4 is 5.32 Å². The summed E-state index contributed by atoms with van der Waals surface area (Å²) >= 11 is 0. The first-order valence-electron chi connectivity index (χ1n) is 7.19. The Morgan fingerprint density at radius 3 is 2.50 bits per heavy atom. The van der Waals surface area contributed by atoms with E-state index < -0.39 is 0 Å². The van der Waals surface area contributed by atoms with Crippen LogP contribution in [0.25, 0.3) is 0 Å². The molecule has 1 N–H and O–H groups in total. The van der Waals surface area contributed by atoms with Gasteiger partial charge in [-0.25, -0.2) is 0 Å². The summed E-state index contributed by atoms with van der Waals surface area (Å²) in [5.41, 5.74) is 0. The second-order valence-electron chi connectivity index (χ2n) is 6.09. The van der Waals surface area contributed by atoms with Crippen LogP contribution in [-0.2, 0) is 0 Å². The molecule has 2 aliphatic rings. The van der Waals surface area contributed by atoms with Gasteiger partial charge in [0, 0.05) is 6.54 Å². The fraction of sp³-hybridized carbons (Fsp3) is 1.00. The highest BCUT2D eigenvalue weighted by atomic mass is 15.1. The van der Waals surface area contributed by atoms with Gasteiger partial charge < -0.3 is 10.2 Å². The lowest BCUT2D eigenvalue weighted by molar-refractivity contribution is 0.132. The smallest absolute Gasteiger partial charge is 0.00218 e. The monoisotopic (exact) mass is 224 g/mol. The van der Waals surface area contributed by atoms with Crippen LogP contribution in [0.3, 0.4) is 0 Å². The minimum Gasteiger partial charge on any atom is -0.316 e. The molecule has 0 aromatic heterocycles. The van der Waals surface area contributed by atoms with Crippen molar-refractivity contribution in [2.45, 2.75) is 39.5 Å². The number of piperidine rings is 2. The van der Waals surface area contributed by atoms with Crippen LogP contribution >= 0.6 is 0 Å². The van der Waals surface area contributed by atoms with Crippen molar-refractivity contribution in [1.29, 1.82) is 0 Å². The summed E-state index contributed by atoms with van der Waals surface area (Å²) in [5, 5.41) is 3.52. The maximum atomic E-state index is 3.52. The van der Waals surface area contributed by atoms with E-state index in [1.165, 1.54) is 58.4 Å². The zero-order valence-corrected chi connectivity index (χ0v) is 11.0. The first-order valence-corrected chi connectivity index (χ1v) is 7.19. The average molecular weight is 224 g/mol. The molecule has 0 amide bonds. The third-order valence-corrected chi connectivity index (χ3v) is 4.49. The van der Waals surface area contributed by atoms with Crippen LogP contribution in [-0.4, -0.2) is 37.6 Å². The Hall–Kier alpha value is -0.0800. The minimum atomic E-state index is 0.887. The van der Waals surface area contributed by atoms with Gasteiger partial charge in [0.05, 0.1) is 0 Å². The molecule has 0 saturated carbocycles. The van der Waals surface area contributed by atoms with Crippen molar-refractivity contribution < 1.29 is 0 Å². The summed E-state index contributed by atoms with van der Waals surface area (Å²) in [6.07, 6.45) is 5.68. The van der Waals surface area contributed by atoms with Crippen LogP contribution in [0.5, 0.6) is 0 Å². The largest absolute Gasteiger partial charge is 0.316 e. The van der Waals surface area contributed by atoms with Crippen molar-refractivity contribution in [3.63, 3.8) is 0 Å². The first-order chi connectivity index (χ1) is 7.75. The van der Waals surface area contributed by atoms with E-state index in [1.54, 1.807) is 0 Å². The fourth-order valence-electron chi connectivity index (χ4n) is 3.25. The highest BCUT2D eigenvalue weighted by molar-refractivity contribution is 4.78. The van der Waals surface area contributed by atoms with Crippen molar-refractivity contribution in [3.8, 4) is 0 Å². The minimum absolute atomic E-state index is 0.887. The van der Waals surface area contributed by atoms with E-state index in [0.29, 0.717) is 0 Å². The number of nitrogens with one attached hydrogen (secondary N) is 1. The molecular weight excluding hydrogens is 196 g/mol. The Bertz CT molecular complexity index is 189. The van der Waals surface area contributed by atoms with E-state index in [1.807, 2.05) is 0 Å². The van der Waals surface area contributed by atoms with Crippen molar-refractivity contribution >= 4 is 0 Å². The maximum Gasteiger partial charge on any atom is 0.00218 e. The molecule has 2 aliphatic heterocycles. The Labute approximate surface area is 101 Å². The van der Waals surface area contributed by atoms with Crippen molar-refractivity contribution in [3.05, 3.63) is 0 Å². The van der Waals surface area contributed by atoms with E-state index in [-0.39, 0.29) is 0 Å². The molecule has 16 heavy (non-hydrogen) atoms. The molecule has 1 atom stereocenters. The van der Waals surface area contributed by atoms with E-state index in [9.17, 15) is 0 Å². The Balaban J connectivity index is 1.68. The van der Waals surface area contributed by atoms with Crippen LogP contribution in [0, 0.1) is 17.8 Å². The first kappa shape index (κ1) is 12.4. The van der Waals surface area contributed by atoms with Gasteiger partial charge in [-0.15, -0.1) is 0 Å². The van der Waals surface area contributed by atoms with Gasteiger partial charge in [-0.2, -0.15) is 0 Å². The molecule has 0 radical (unpaired) electrons. The number of hydrogen-bond acceptors (Lipinski definition) is 2. The van der Waals surface area contributed by atoms with Gasteiger partial charge in [-0.3, -0.25) is 0 Å². The molecule has 2 heterocycles. The molecule has 2 fully saturated rings. The second-order valence-corrected chi connectivity index (χ2v) is 6.09. The zero-order chi connectivity index (χ0) is 11.4. The van der Waals surface area contributed by atoms with E-state index in [4.69, 9.17) is 0 Å². The molecule has 2 nitrogen and oxygen atoms in total. The second kappa shape index (κ2) is 6.02. The van der Waals surface area contributed by atoms with E-state index >= 15 is 0 Å². The molecule has 2 heteroatoms. The molecule has 2 rings (SSSR count). The van der Waals surface area contributed by atoms with Gasteiger partial charge in [0.15, 0.2) is 0 Å². The zero-order valence-electron chi connectivity index (χ0n) is 11.0. The molecular formula is C14H28N2. The quantitative estimate of drug-likeness (QED) is 0.791. The van der Waals surface area contributed by atoms with Gasteiger partial charge in [0.2, 0.25) is 0 Å². The highest BCUT2D eigenvalue weighted by Crippen LogP contribution is 2.25. The third kappa shape index (κ3) is 3.46. The molecule has 0 bridgehead atoms. The van der Waals surface area contributed by atoms with Gasteiger partial charge in [0.25, 0.3) is 0 Å². The number of rotatable bonds is 3. The molecule has 1 unspecified atom stereocenters. The third-order valence-electron chi connectivity index (χ3n) is 4.49. The summed E-state index contributed by atoms with van der Waals surface area (Å²) in [5.74, 6) is 2.79.